The van der Waals surface area contributed by atoms with Crippen LogP contribution in [0.3, 0.4) is 0 Å². The van der Waals surface area contributed by atoms with Gasteiger partial charge in [0, 0.05) is 52.7 Å². The maximum absolute atomic E-state index is 13.1. The molecule has 0 aliphatic rings. The Morgan fingerprint density at radius 1 is 0.900 bits per heavy atom. The zero-order chi connectivity index (χ0) is 21.8. The predicted octanol–water partition coefficient (Wildman–Crippen LogP) is 2.11. The zero-order valence-electron chi connectivity index (χ0n) is 18.3. The van der Waals surface area contributed by atoms with Crippen molar-refractivity contribution in [3.63, 3.8) is 0 Å². The van der Waals surface area contributed by atoms with Gasteiger partial charge in [0.25, 0.3) is 0 Å². The number of aryl methyl sites for hydroxylation is 2. The number of methoxy groups -OCH3 is 2. The summed E-state index contributed by atoms with van der Waals surface area (Å²) >= 11 is 0. The first-order valence-electron chi connectivity index (χ1n) is 10.2. The molecular formula is C23H33N3O4. The van der Waals surface area contributed by atoms with Crippen LogP contribution >= 0.6 is 0 Å². The molecule has 0 aliphatic heterocycles. The molecule has 0 N–H and O–H groups in total. The van der Waals surface area contributed by atoms with E-state index in [1.165, 1.54) is 0 Å². The molecule has 0 saturated heterocycles. The molecule has 7 heteroatoms. The second-order valence-electron chi connectivity index (χ2n) is 7.21. The van der Waals surface area contributed by atoms with Gasteiger partial charge in [-0.3, -0.25) is 9.59 Å². The molecule has 30 heavy (non-hydrogen) atoms. The summed E-state index contributed by atoms with van der Waals surface area (Å²) in [5.74, 6) is -0.146. The highest BCUT2D eigenvalue weighted by atomic mass is 16.5. The van der Waals surface area contributed by atoms with E-state index in [2.05, 4.69) is 0 Å². The Kier molecular flexibility index (Phi) is 10.1. The van der Waals surface area contributed by atoms with Crippen molar-refractivity contribution in [2.75, 3.05) is 47.1 Å². The smallest absolute Gasteiger partial charge is 0.242 e. The van der Waals surface area contributed by atoms with E-state index >= 15 is 0 Å². The Balaban J connectivity index is 2.02. The number of hydrogen-bond donors (Lipinski definition) is 0. The van der Waals surface area contributed by atoms with Gasteiger partial charge < -0.3 is 23.8 Å². The van der Waals surface area contributed by atoms with Crippen LogP contribution in [0.15, 0.2) is 48.7 Å². The first-order chi connectivity index (χ1) is 14.5. The van der Waals surface area contributed by atoms with Gasteiger partial charge >= 0.3 is 0 Å². The fraction of sp³-hybridized carbons (Fsp3) is 0.478. The van der Waals surface area contributed by atoms with Gasteiger partial charge in [-0.2, -0.15) is 0 Å². The maximum Gasteiger partial charge on any atom is 0.242 e. The molecule has 2 aromatic rings. The lowest BCUT2D eigenvalue weighted by Gasteiger charge is -2.28. The van der Waals surface area contributed by atoms with E-state index in [0.717, 1.165) is 11.3 Å². The standard InChI is InChI=1S/C23H33N3O4/c1-24-13-7-10-21(24)18-25(14-16-29-2)23(28)19-26(15-17-30-3)22(27)12-11-20-8-5-4-6-9-20/h4-10,13H,11-12,14-19H2,1-3H3. The Labute approximate surface area is 179 Å². The number of carbonyl (C=O) groups is 2. The molecule has 0 unspecified atom stereocenters. The van der Waals surface area contributed by atoms with Gasteiger partial charge in [0.2, 0.25) is 11.8 Å². The van der Waals surface area contributed by atoms with Crippen LogP contribution < -0.4 is 0 Å². The third kappa shape index (κ3) is 7.65. The molecular weight excluding hydrogens is 382 g/mol. The minimum atomic E-state index is -0.0996. The molecule has 0 atom stereocenters. The van der Waals surface area contributed by atoms with E-state index in [0.29, 0.717) is 45.7 Å². The number of hydrogen-bond acceptors (Lipinski definition) is 4. The fourth-order valence-corrected chi connectivity index (χ4v) is 3.16. The Morgan fingerprint density at radius 2 is 1.57 bits per heavy atom. The van der Waals surface area contributed by atoms with Crippen LogP contribution in [-0.2, 0) is 39.1 Å². The molecule has 1 aromatic heterocycles. The topological polar surface area (TPSA) is 64.0 Å². The average Bonchev–Trinajstić information content (AvgIpc) is 3.17. The van der Waals surface area contributed by atoms with Crippen molar-refractivity contribution in [3.05, 3.63) is 59.9 Å². The molecule has 0 radical (unpaired) electrons. The van der Waals surface area contributed by atoms with Crippen LogP contribution in [0, 0.1) is 0 Å². The van der Waals surface area contributed by atoms with Crippen LogP contribution in [0.2, 0.25) is 0 Å². The maximum atomic E-state index is 13.1. The minimum Gasteiger partial charge on any atom is -0.383 e. The average molecular weight is 416 g/mol. The van der Waals surface area contributed by atoms with E-state index in [1.807, 2.05) is 60.3 Å². The van der Waals surface area contributed by atoms with E-state index in [4.69, 9.17) is 9.47 Å². The van der Waals surface area contributed by atoms with Crippen molar-refractivity contribution in [1.29, 1.82) is 0 Å². The van der Waals surface area contributed by atoms with Crippen LogP contribution in [0.4, 0.5) is 0 Å². The summed E-state index contributed by atoms with van der Waals surface area (Å²) in [6.07, 6.45) is 2.96. The summed E-state index contributed by atoms with van der Waals surface area (Å²) in [5.41, 5.74) is 2.13. The zero-order valence-corrected chi connectivity index (χ0v) is 18.3. The van der Waals surface area contributed by atoms with Crippen LogP contribution in [0.5, 0.6) is 0 Å². The quantitative estimate of drug-likeness (QED) is 0.503. The highest BCUT2D eigenvalue weighted by molar-refractivity contribution is 5.85. The first-order valence-corrected chi connectivity index (χ1v) is 10.2. The highest BCUT2D eigenvalue weighted by Crippen LogP contribution is 2.09. The molecule has 2 amide bonds. The van der Waals surface area contributed by atoms with Crippen molar-refractivity contribution in [3.8, 4) is 0 Å². The molecule has 0 aliphatic carbocycles. The SMILES string of the molecule is COCCN(CC(=O)N(CCOC)Cc1cccn1C)C(=O)CCc1ccccc1. The number of ether oxygens (including phenoxy) is 2. The Bertz CT molecular complexity index is 776. The first kappa shape index (κ1) is 23.6. The van der Waals surface area contributed by atoms with Gasteiger partial charge in [0.15, 0.2) is 0 Å². The number of carbonyl (C=O) groups excluding carboxylic acids is 2. The van der Waals surface area contributed by atoms with Crippen molar-refractivity contribution in [2.24, 2.45) is 7.05 Å². The second-order valence-corrected chi connectivity index (χ2v) is 7.21. The molecule has 0 spiro atoms. The largest absolute Gasteiger partial charge is 0.383 e. The second kappa shape index (κ2) is 12.8. The van der Waals surface area contributed by atoms with Crippen LogP contribution in [-0.4, -0.2) is 73.2 Å². The van der Waals surface area contributed by atoms with Gasteiger partial charge in [0.05, 0.1) is 26.3 Å². The Morgan fingerprint density at radius 3 is 2.17 bits per heavy atom. The summed E-state index contributed by atoms with van der Waals surface area (Å²) in [5, 5.41) is 0. The molecule has 7 nitrogen and oxygen atoms in total. The van der Waals surface area contributed by atoms with E-state index in [1.54, 1.807) is 24.0 Å². The molecule has 0 fully saturated rings. The summed E-state index contributed by atoms with van der Waals surface area (Å²) in [4.78, 5) is 29.2. The fourth-order valence-electron chi connectivity index (χ4n) is 3.16. The summed E-state index contributed by atoms with van der Waals surface area (Å²) in [7, 11) is 5.16. The van der Waals surface area contributed by atoms with E-state index in [-0.39, 0.29) is 18.4 Å². The van der Waals surface area contributed by atoms with Crippen LogP contribution in [0.1, 0.15) is 17.7 Å². The van der Waals surface area contributed by atoms with Crippen molar-refractivity contribution >= 4 is 11.8 Å². The molecule has 2 rings (SSSR count). The van der Waals surface area contributed by atoms with Gasteiger partial charge in [-0.15, -0.1) is 0 Å². The van der Waals surface area contributed by atoms with Gasteiger partial charge in [-0.25, -0.2) is 0 Å². The lowest BCUT2D eigenvalue weighted by molar-refractivity contribution is -0.141. The molecule has 1 heterocycles. The van der Waals surface area contributed by atoms with Gasteiger partial charge in [-0.1, -0.05) is 30.3 Å². The number of rotatable bonds is 13. The van der Waals surface area contributed by atoms with E-state index in [9.17, 15) is 9.59 Å². The minimum absolute atomic E-state index is 0.0329. The third-order valence-electron chi connectivity index (χ3n) is 5.04. The number of nitrogens with zero attached hydrogens (tertiary/aromatic N) is 3. The summed E-state index contributed by atoms with van der Waals surface area (Å²) < 4.78 is 12.3. The normalized spacial score (nSPS) is 10.8. The number of amides is 2. The van der Waals surface area contributed by atoms with Crippen molar-refractivity contribution < 1.29 is 19.1 Å². The molecule has 0 bridgehead atoms. The van der Waals surface area contributed by atoms with Gasteiger partial charge in [0.1, 0.15) is 0 Å². The monoisotopic (exact) mass is 415 g/mol. The molecule has 164 valence electrons. The third-order valence-corrected chi connectivity index (χ3v) is 5.04. The number of benzene rings is 1. The highest BCUT2D eigenvalue weighted by Gasteiger charge is 2.22. The summed E-state index contributed by atoms with van der Waals surface area (Å²) in [6, 6.07) is 13.8. The van der Waals surface area contributed by atoms with Crippen LogP contribution in [0.25, 0.3) is 0 Å². The predicted molar refractivity (Wildman–Crippen MR) is 116 cm³/mol. The van der Waals surface area contributed by atoms with Crippen molar-refractivity contribution in [2.45, 2.75) is 19.4 Å². The van der Waals surface area contributed by atoms with Gasteiger partial charge in [-0.05, 0) is 24.1 Å². The molecule has 0 saturated carbocycles. The summed E-state index contributed by atoms with van der Waals surface area (Å²) in [6.45, 7) is 2.19. The van der Waals surface area contributed by atoms with E-state index < -0.39 is 0 Å². The Hall–Kier alpha value is -2.64. The lowest BCUT2D eigenvalue weighted by atomic mass is 10.1. The van der Waals surface area contributed by atoms with Crippen molar-refractivity contribution in [1.82, 2.24) is 14.4 Å². The molecule has 1 aromatic carbocycles. The lowest BCUT2D eigenvalue weighted by Crippen LogP contribution is -2.45. The number of aromatic nitrogens is 1.